The molecule has 3 rings (SSSR count). The third kappa shape index (κ3) is 2.38. The fraction of sp³-hybridized carbons (Fsp3) is 0.462. The van der Waals surface area contributed by atoms with Gasteiger partial charge in [-0.15, -0.1) is 0 Å². The highest BCUT2D eigenvalue weighted by molar-refractivity contribution is 9.10. The third-order valence-electron chi connectivity index (χ3n) is 3.34. The molecule has 3 nitrogen and oxygen atoms in total. The maximum atomic E-state index is 5.78. The van der Waals surface area contributed by atoms with Gasteiger partial charge in [0.1, 0.15) is 5.52 Å². The summed E-state index contributed by atoms with van der Waals surface area (Å²) in [6.45, 7) is 2.30. The molecule has 1 unspecified atom stereocenters. The van der Waals surface area contributed by atoms with Crippen molar-refractivity contribution in [2.75, 3.05) is 13.1 Å². The number of aryl methyl sites for hydroxylation is 1. The van der Waals surface area contributed by atoms with Crippen molar-refractivity contribution in [1.82, 2.24) is 10.3 Å². The van der Waals surface area contributed by atoms with E-state index in [2.05, 4.69) is 26.2 Å². The molecule has 1 atom stereocenters. The van der Waals surface area contributed by atoms with Crippen molar-refractivity contribution in [3.63, 3.8) is 0 Å². The van der Waals surface area contributed by atoms with Crippen molar-refractivity contribution in [1.29, 1.82) is 0 Å². The monoisotopic (exact) mass is 294 g/mol. The highest BCUT2D eigenvalue weighted by Gasteiger charge is 2.16. The summed E-state index contributed by atoms with van der Waals surface area (Å²) in [5.74, 6) is 1.65. The number of para-hydroxylation sites is 1. The zero-order valence-electron chi connectivity index (χ0n) is 9.58. The minimum absolute atomic E-state index is 0.786. The van der Waals surface area contributed by atoms with Crippen LogP contribution in [0.1, 0.15) is 18.7 Å². The van der Waals surface area contributed by atoms with Gasteiger partial charge in [-0.1, -0.05) is 6.07 Å². The van der Waals surface area contributed by atoms with E-state index in [9.17, 15) is 0 Å². The molecule has 1 saturated heterocycles. The van der Waals surface area contributed by atoms with Gasteiger partial charge in [0.2, 0.25) is 0 Å². The molecule has 1 aliphatic heterocycles. The van der Waals surface area contributed by atoms with Crippen LogP contribution in [0.4, 0.5) is 0 Å². The maximum absolute atomic E-state index is 5.78. The first kappa shape index (κ1) is 11.2. The van der Waals surface area contributed by atoms with E-state index in [4.69, 9.17) is 4.42 Å². The average Bonchev–Trinajstić information content (AvgIpc) is 2.95. The van der Waals surface area contributed by atoms with Crippen LogP contribution in [-0.2, 0) is 6.42 Å². The van der Waals surface area contributed by atoms with Gasteiger partial charge in [0.15, 0.2) is 11.5 Å². The first-order valence-corrected chi connectivity index (χ1v) is 6.87. The number of nitrogens with one attached hydrogen (secondary N) is 1. The van der Waals surface area contributed by atoms with Crippen molar-refractivity contribution in [2.45, 2.75) is 19.3 Å². The normalized spacial score (nSPS) is 20.2. The van der Waals surface area contributed by atoms with E-state index in [1.165, 1.54) is 6.42 Å². The van der Waals surface area contributed by atoms with Gasteiger partial charge in [0.25, 0.3) is 0 Å². The standard InChI is InChI=1S/C13H15BrN2O/c14-10-2-1-3-11-13(10)17-12(16-11)5-4-9-6-7-15-8-9/h1-3,9,15H,4-8H2. The fourth-order valence-corrected chi connectivity index (χ4v) is 2.79. The Morgan fingerprint density at radius 1 is 1.47 bits per heavy atom. The number of oxazole rings is 1. The molecule has 1 fully saturated rings. The van der Waals surface area contributed by atoms with E-state index in [0.29, 0.717) is 0 Å². The number of nitrogens with zero attached hydrogens (tertiary/aromatic N) is 1. The van der Waals surface area contributed by atoms with Gasteiger partial charge in [-0.2, -0.15) is 0 Å². The van der Waals surface area contributed by atoms with Crippen molar-refractivity contribution < 1.29 is 4.42 Å². The van der Waals surface area contributed by atoms with Crippen LogP contribution in [0.5, 0.6) is 0 Å². The lowest BCUT2D eigenvalue weighted by Gasteiger charge is -2.04. The van der Waals surface area contributed by atoms with E-state index in [1.54, 1.807) is 0 Å². The largest absolute Gasteiger partial charge is 0.440 e. The molecule has 2 heterocycles. The van der Waals surface area contributed by atoms with Crippen LogP contribution in [0, 0.1) is 5.92 Å². The quantitative estimate of drug-likeness (QED) is 0.945. The Labute approximate surface area is 109 Å². The summed E-state index contributed by atoms with van der Waals surface area (Å²) in [7, 11) is 0. The average molecular weight is 295 g/mol. The summed E-state index contributed by atoms with van der Waals surface area (Å²) >= 11 is 3.48. The van der Waals surface area contributed by atoms with Crippen molar-refractivity contribution >= 4 is 27.0 Å². The zero-order chi connectivity index (χ0) is 11.7. The number of aromatic nitrogens is 1. The Bertz CT molecular complexity index is 517. The number of fused-ring (bicyclic) bond motifs is 1. The van der Waals surface area contributed by atoms with Gasteiger partial charge in [0, 0.05) is 6.42 Å². The molecule has 17 heavy (non-hydrogen) atoms. The minimum atomic E-state index is 0.786. The highest BCUT2D eigenvalue weighted by atomic mass is 79.9. The molecule has 0 spiro atoms. The van der Waals surface area contributed by atoms with Gasteiger partial charge >= 0.3 is 0 Å². The van der Waals surface area contributed by atoms with Crippen molar-refractivity contribution in [3.05, 3.63) is 28.6 Å². The molecule has 0 bridgehead atoms. The molecular formula is C13H15BrN2O. The molecule has 0 aliphatic carbocycles. The summed E-state index contributed by atoms with van der Waals surface area (Å²) in [5, 5.41) is 3.39. The minimum Gasteiger partial charge on any atom is -0.440 e. The van der Waals surface area contributed by atoms with Crippen molar-refractivity contribution in [2.24, 2.45) is 5.92 Å². The molecule has 2 aromatic rings. The number of hydrogen-bond acceptors (Lipinski definition) is 3. The van der Waals surface area contributed by atoms with E-state index >= 15 is 0 Å². The van der Waals surface area contributed by atoms with Crippen LogP contribution >= 0.6 is 15.9 Å². The SMILES string of the molecule is Brc1cccc2nc(CCC3CCNC3)oc12. The van der Waals surface area contributed by atoms with Crippen LogP contribution in [0.15, 0.2) is 27.1 Å². The topological polar surface area (TPSA) is 38.1 Å². The van der Waals surface area contributed by atoms with Crippen LogP contribution in [0.3, 0.4) is 0 Å². The first-order valence-electron chi connectivity index (χ1n) is 6.07. The number of halogens is 1. The molecule has 0 amide bonds. The Morgan fingerprint density at radius 2 is 2.41 bits per heavy atom. The Balaban J connectivity index is 1.74. The molecular weight excluding hydrogens is 280 g/mol. The second-order valence-corrected chi connectivity index (χ2v) is 5.45. The van der Waals surface area contributed by atoms with Gasteiger partial charge in [-0.3, -0.25) is 0 Å². The second-order valence-electron chi connectivity index (χ2n) is 4.59. The fourth-order valence-electron chi connectivity index (χ4n) is 2.36. The van der Waals surface area contributed by atoms with Crippen molar-refractivity contribution in [3.8, 4) is 0 Å². The van der Waals surface area contributed by atoms with E-state index in [0.717, 1.165) is 53.3 Å². The summed E-state index contributed by atoms with van der Waals surface area (Å²) in [6, 6.07) is 5.96. The molecule has 1 N–H and O–H groups in total. The maximum Gasteiger partial charge on any atom is 0.195 e. The third-order valence-corrected chi connectivity index (χ3v) is 3.96. The second kappa shape index (κ2) is 4.78. The predicted molar refractivity (Wildman–Crippen MR) is 71.0 cm³/mol. The Hall–Kier alpha value is -0.870. The summed E-state index contributed by atoms with van der Waals surface area (Å²) < 4.78 is 6.76. The number of benzene rings is 1. The lowest BCUT2D eigenvalue weighted by molar-refractivity contribution is 0.465. The summed E-state index contributed by atoms with van der Waals surface area (Å²) in [4.78, 5) is 4.52. The lowest BCUT2D eigenvalue weighted by Crippen LogP contribution is -2.09. The van der Waals surface area contributed by atoms with Gasteiger partial charge < -0.3 is 9.73 Å². The summed E-state index contributed by atoms with van der Waals surface area (Å²) in [6.07, 6.45) is 3.38. The van der Waals surface area contributed by atoms with Crippen LogP contribution in [0.25, 0.3) is 11.1 Å². The molecule has 1 aliphatic rings. The van der Waals surface area contributed by atoms with E-state index in [1.807, 2.05) is 18.2 Å². The zero-order valence-corrected chi connectivity index (χ0v) is 11.2. The van der Waals surface area contributed by atoms with Gasteiger partial charge in [-0.05, 0) is 59.9 Å². The number of hydrogen-bond donors (Lipinski definition) is 1. The smallest absolute Gasteiger partial charge is 0.195 e. The van der Waals surface area contributed by atoms with E-state index in [-0.39, 0.29) is 0 Å². The van der Waals surface area contributed by atoms with Crippen LogP contribution < -0.4 is 5.32 Å². The molecule has 0 saturated carbocycles. The van der Waals surface area contributed by atoms with E-state index < -0.39 is 0 Å². The molecule has 0 radical (unpaired) electrons. The molecule has 1 aromatic carbocycles. The van der Waals surface area contributed by atoms with Crippen LogP contribution in [0.2, 0.25) is 0 Å². The lowest BCUT2D eigenvalue weighted by atomic mass is 10.0. The summed E-state index contributed by atoms with van der Waals surface area (Å²) in [5.41, 5.74) is 1.81. The molecule has 1 aromatic heterocycles. The predicted octanol–water partition coefficient (Wildman–Crippen LogP) is 3.13. The van der Waals surface area contributed by atoms with Gasteiger partial charge in [0.05, 0.1) is 4.47 Å². The Kier molecular flexibility index (Phi) is 3.16. The highest BCUT2D eigenvalue weighted by Crippen LogP contribution is 2.25. The Morgan fingerprint density at radius 3 is 3.18 bits per heavy atom. The number of rotatable bonds is 3. The molecule has 4 heteroatoms. The van der Waals surface area contributed by atoms with Gasteiger partial charge in [-0.25, -0.2) is 4.98 Å². The molecule has 90 valence electrons. The van der Waals surface area contributed by atoms with Crippen LogP contribution in [-0.4, -0.2) is 18.1 Å². The first-order chi connectivity index (χ1) is 8.33.